The maximum absolute atomic E-state index is 14.0. The van der Waals surface area contributed by atoms with Gasteiger partial charge >= 0.3 is 0 Å². The van der Waals surface area contributed by atoms with Crippen molar-refractivity contribution in [2.45, 2.75) is 70.4 Å². The fraction of sp³-hybridized carbons (Fsp3) is 0.552. The normalized spacial score (nSPS) is 19.6. The molecule has 0 unspecified atom stereocenters. The number of aryl methyl sites for hydroxylation is 1. The van der Waals surface area contributed by atoms with E-state index in [1.54, 1.807) is 7.11 Å². The van der Waals surface area contributed by atoms with Gasteiger partial charge in [0.2, 0.25) is 11.8 Å². The number of nitrogens with zero attached hydrogens (tertiary/aromatic N) is 2. The van der Waals surface area contributed by atoms with Crippen molar-refractivity contribution in [2.24, 2.45) is 5.92 Å². The number of hydrogen-bond donors (Lipinski definition) is 1. The zero-order valence-corrected chi connectivity index (χ0v) is 21.5. The largest absolute Gasteiger partial charge is 0.497 e. The number of carbonyl (C=O) groups excluding carboxylic acids is 2. The van der Waals surface area contributed by atoms with Crippen LogP contribution in [0.15, 0.2) is 30.5 Å². The molecule has 0 bridgehead atoms. The number of hydrogen-bond acceptors (Lipinski definition) is 5. The molecule has 7 heteroatoms. The average molecular weight is 492 g/mol. The number of amides is 2. The van der Waals surface area contributed by atoms with Gasteiger partial charge in [-0.05, 0) is 73.4 Å². The number of methoxy groups -OCH3 is 1. The molecule has 0 spiro atoms. The maximum atomic E-state index is 14.0. The van der Waals surface area contributed by atoms with Crippen molar-refractivity contribution in [1.82, 2.24) is 15.2 Å². The van der Waals surface area contributed by atoms with Crippen LogP contribution in [-0.2, 0) is 39.3 Å². The van der Waals surface area contributed by atoms with Gasteiger partial charge in [-0.3, -0.25) is 14.6 Å². The van der Waals surface area contributed by atoms with Crippen LogP contribution in [0.4, 0.5) is 0 Å². The molecule has 1 aliphatic carbocycles. The van der Waals surface area contributed by atoms with Crippen LogP contribution in [0, 0.1) is 12.8 Å². The summed E-state index contributed by atoms with van der Waals surface area (Å²) in [5.41, 5.74) is 5.02. The summed E-state index contributed by atoms with van der Waals surface area (Å²) in [6.07, 6.45) is 8.17. The van der Waals surface area contributed by atoms with Gasteiger partial charge in [-0.1, -0.05) is 25.0 Å². The van der Waals surface area contributed by atoms with Crippen molar-refractivity contribution in [2.75, 3.05) is 26.9 Å². The Morgan fingerprint density at radius 2 is 1.89 bits per heavy atom. The molecular formula is C29H37N3O4. The Bertz CT molecular complexity index is 1100. The van der Waals surface area contributed by atoms with E-state index in [9.17, 15) is 9.59 Å². The minimum atomic E-state index is -0.456. The highest BCUT2D eigenvalue weighted by Gasteiger charge is 2.45. The lowest BCUT2D eigenvalue weighted by molar-refractivity contribution is -0.138. The minimum absolute atomic E-state index is 0.0280. The van der Waals surface area contributed by atoms with E-state index < -0.39 is 5.41 Å². The van der Waals surface area contributed by atoms with E-state index in [2.05, 4.69) is 22.4 Å². The Hall–Kier alpha value is -2.93. The van der Waals surface area contributed by atoms with Gasteiger partial charge in [0, 0.05) is 50.7 Å². The summed E-state index contributed by atoms with van der Waals surface area (Å²) < 4.78 is 10.7. The van der Waals surface area contributed by atoms with Crippen molar-refractivity contribution in [1.29, 1.82) is 0 Å². The van der Waals surface area contributed by atoms with Crippen molar-refractivity contribution in [3.63, 3.8) is 0 Å². The van der Waals surface area contributed by atoms with Gasteiger partial charge in [-0.15, -0.1) is 0 Å². The van der Waals surface area contributed by atoms with Gasteiger partial charge in [0.15, 0.2) is 0 Å². The number of pyridine rings is 1. The summed E-state index contributed by atoms with van der Waals surface area (Å²) in [6.45, 7) is 5.06. The molecule has 2 amide bonds. The summed E-state index contributed by atoms with van der Waals surface area (Å²) in [5, 5.41) is 3.15. The highest BCUT2D eigenvalue weighted by Crippen LogP contribution is 2.44. The molecule has 1 saturated carbocycles. The topological polar surface area (TPSA) is 80.8 Å². The number of carbonyl (C=O) groups is 2. The summed E-state index contributed by atoms with van der Waals surface area (Å²) in [7, 11) is 1.66. The van der Waals surface area contributed by atoms with Crippen molar-refractivity contribution in [3.05, 3.63) is 58.4 Å². The quantitative estimate of drug-likeness (QED) is 0.664. The van der Waals surface area contributed by atoms with Crippen molar-refractivity contribution >= 4 is 11.8 Å². The van der Waals surface area contributed by atoms with Gasteiger partial charge in [0.25, 0.3) is 0 Å². The lowest BCUT2D eigenvalue weighted by atomic mass is 9.77. The number of nitrogens with one attached hydrogen (secondary N) is 1. The SMILES string of the molecule is COc1ccc(C2(C(=O)N3CCc4c(cnc(C)c4CNC(=O)C4CCOCC4)C3)CCCC2)cc1. The first-order valence-electron chi connectivity index (χ1n) is 13.3. The highest BCUT2D eigenvalue weighted by molar-refractivity contribution is 5.89. The van der Waals surface area contributed by atoms with Crippen LogP contribution in [0.1, 0.15) is 66.5 Å². The van der Waals surface area contributed by atoms with E-state index in [0.29, 0.717) is 32.8 Å². The van der Waals surface area contributed by atoms with Crippen LogP contribution < -0.4 is 10.1 Å². The predicted molar refractivity (Wildman–Crippen MR) is 137 cm³/mol. The molecule has 3 heterocycles. The molecule has 0 radical (unpaired) electrons. The van der Waals surface area contributed by atoms with Crippen LogP contribution in [0.25, 0.3) is 0 Å². The van der Waals surface area contributed by atoms with E-state index in [0.717, 1.165) is 73.1 Å². The zero-order chi connectivity index (χ0) is 25.1. The monoisotopic (exact) mass is 491 g/mol. The summed E-state index contributed by atoms with van der Waals surface area (Å²) >= 11 is 0. The summed E-state index contributed by atoms with van der Waals surface area (Å²) in [6, 6.07) is 8.04. The van der Waals surface area contributed by atoms with Crippen molar-refractivity contribution in [3.8, 4) is 5.75 Å². The van der Waals surface area contributed by atoms with E-state index in [1.165, 1.54) is 5.56 Å². The Morgan fingerprint density at radius 3 is 2.58 bits per heavy atom. The fourth-order valence-electron chi connectivity index (χ4n) is 6.23. The Kier molecular flexibility index (Phi) is 7.28. The predicted octanol–water partition coefficient (Wildman–Crippen LogP) is 3.84. The first kappa shape index (κ1) is 24.8. The lowest BCUT2D eigenvalue weighted by Gasteiger charge is -2.38. The molecule has 2 aliphatic heterocycles. The van der Waals surface area contributed by atoms with E-state index in [1.807, 2.05) is 30.2 Å². The number of fused-ring (bicyclic) bond motifs is 1. The molecule has 7 nitrogen and oxygen atoms in total. The second-order valence-electron chi connectivity index (χ2n) is 10.4. The highest BCUT2D eigenvalue weighted by atomic mass is 16.5. The van der Waals surface area contributed by atoms with Gasteiger partial charge in [0.1, 0.15) is 5.75 Å². The van der Waals surface area contributed by atoms with Crippen LogP contribution in [-0.4, -0.2) is 48.6 Å². The van der Waals surface area contributed by atoms with Crippen molar-refractivity contribution < 1.29 is 19.1 Å². The van der Waals surface area contributed by atoms with E-state index in [-0.39, 0.29) is 17.7 Å². The van der Waals surface area contributed by atoms with Gasteiger partial charge in [-0.2, -0.15) is 0 Å². The Labute approximate surface area is 213 Å². The molecule has 192 valence electrons. The molecule has 2 aromatic rings. The van der Waals surface area contributed by atoms with Crippen LogP contribution >= 0.6 is 0 Å². The number of benzene rings is 1. The van der Waals surface area contributed by atoms with Gasteiger partial charge < -0.3 is 19.7 Å². The molecule has 1 aromatic heterocycles. The number of ether oxygens (including phenoxy) is 2. The van der Waals surface area contributed by atoms with Gasteiger partial charge in [-0.25, -0.2) is 0 Å². The van der Waals surface area contributed by atoms with E-state index >= 15 is 0 Å². The van der Waals surface area contributed by atoms with Crippen LogP contribution in [0.5, 0.6) is 5.75 Å². The zero-order valence-electron chi connectivity index (χ0n) is 21.5. The second-order valence-corrected chi connectivity index (χ2v) is 10.4. The Morgan fingerprint density at radius 1 is 1.17 bits per heavy atom. The fourth-order valence-corrected chi connectivity index (χ4v) is 6.23. The van der Waals surface area contributed by atoms with Gasteiger partial charge in [0.05, 0.1) is 12.5 Å². The first-order valence-corrected chi connectivity index (χ1v) is 13.3. The number of rotatable bonds is 6. The molecule has 1 aromatic carbocycles. The molecule has 1 saturated heterocycles. The summed E-state index contributed by atoms with van der Waals surface area (Å²) in [4.78, 5) is 33.4. The minimum Gasteiger partial charge on any atom is -0.497 e. The summed E-state index contributed by atoms with van der Waals surface area (Å²) in [5.74, 6) is 1.17. The molecule has 36 heavy (non-hydrogen) atoms. The molecule has 0 atom stereocenters. The third-order valence-electron chi connectivity index (χ3n) is 8.42. The average Bonchev–Trinajstić information content (AvgIpc) is 3.43. The lowest BCUT2D eigenvalue weighted by Crippen LogP contribution is -2.47. The first-order chi connectivity index (χ1) is 17.5. The number of aromatic nitrogens is 1. The third-order valence-corrected chi connectivity index (χ3v) is 8.42. The smallest absolute Gasteiger partial charge is 0.233 e. The molecule has 2 fully saturated rings. The third kappa shape index (κ3) is 4.73. The molecule has 3 aliphatic rings. The van der Waals surface area contributed by atoms with E-state index in [4.69, 9.17) is 9.47 Å². The van der Waals surface area contributed by atoms with Crippen LogP contribution in [0.2, 0.25) is 0 Å². The standard InChI is InChI=1S/C29H37N3O4/c1-20-26(18-31-27(33)21-10-15-36-16-11-21)25-9-14-32(19-22(25)17-30-20)28(34)29(12-3-4-13-29)23-5-7-24(35-2)8-6-23/h5-8,17,21H,3-4,9-16,18-19H2,1-2H3,(H,31,33). The molecule has 1 N–H and O–H groups in total. The van der Waals surface area contributed by atoms with Crippen LogP contribution in [0.3, 0.4) is 0 Å². The Balaban J connectivity index is 1.32. The second kappa shape index (κ2) is 10.6. The maximum Gasteiger partial charge on any atom is 0.233 e. The molecule has 5 rings (SSSR count). The molecular weight excluding hydrogens is 454 g/mol.